The average Bonchev–Trinajstić information content (AvgIpc) is 2.09. The van der Waals surface area contributed by atoms with Crippen molar-refractivity contribution in [1.82, 2.24) is 0 Å². The van der Waals surface area contributed by atoms with Gasteiger partial charge in [0.1, 0.15) is 11.5 Å². The van der Waals surface area contributed by atoms with E-state index in [0.717, 1.165) is 0 Å². The van der Waals surface area contributed by atoms with Crippen LogP contribution in [0.1, 0.15) is 12.5 Å². The van der Waals surface area contributed by atoms with Gasteiger partial charge in [0.15, 0.2) is 6.10 Å². The number of carboxylic acids is 1. The van der Waals surface area contributed by atoms with Gasteiger partial charge in [0.2, 0.25) is 0 Å². The Kier molecular flexibility index (Phi) is 2.96. The number of phenolic OH excluding ortho intramolecular Hbond substituents is 1. The minimum absolute atomic E-state index is 0.137. The summed E-state index contributed by atoms with van der Waals surface area (Å²) in [5.74, 6) is -0.409. The summed E-state index contributed by atoms with van der Waals surface area (Å²) in [6.07, 6.45) is -0.891. The van der Waals surface area contributed by atoms with Crippen LogP contribution in [0.5, 0.6) is 11.5 Å². The lowest BCUT2D eigenvalue weighted by molar-refractivity contribution is -0.144. The van der Waals surface area contributed by atoms with Gasteiger partial charge in [-0.15, -0.1) is 0 Å². The second-order valence-electron chi connectivity index (χ2n) is 3.05. The second kappa shape index (κ2) is 4.00. The smallest absolute Gasteiger partial charge is 0.344 e. The van der Waals surface area contributed by atoms with Gasteiger partial charge < -0.3 is 14.9 Å². The lowest BCUT2D eigenvalue weighted by Gasteiger charge is -2.12. The number of carboxylic acid groups (broad SMARTS) is 1. The van der Waals surface area contributed by atoms with Crippen molar-refractivity contribution in [2.24, 2.45) is 0 Å². The first-order chi connectivity index (χ1) is 6.50. The summed E-state index contributed by atoms with van der Waals surface area (Å²) in [6.45, 7) is 3.19. The summed E-state index contributed by atoms with van der Waals surface area (Å²) in [4.78, 5) is 10.5. The molecule has 0 saturated carbocycles. The van der Waals surface area contributed by atoms with E-state index < -0.39 is 12.1 Å². The fourth-order valence-electron chi connectivity index (χ4n) is 1.01. The quantitative estimate of drug-likeness (QED) is 0.769. The van der Waals surface area contributed by atoms with Gasteiger partial charge in [-0.1, -0.05) is 0 Å². The van der Waals surface area contributed by atoms with E-state index in [1.54, 1.807) is 13.0 Å². The molecule has 0 fully saturated rings. The van der Waals surface area contributed by atoms with Crippen LogP contribution in [0.15, 0.2) is 18.2 Å². The van der Waals surface area contributed by atoms with E-state index >= 15 is 0 Å². The van der Waals surface area contributed by atoms with Crippen LogP contribution in [0.3, 0.4) is 0 Å². The second-order valence-corrected chi connectivity index (χ2v) is 3.05. The van der Waals surface area contributed by atoms with Gasteiger partial charge in [0.25, 0.3) is 0 Å². The van der Waals surface area contributed by atoms with Crippen LogP contribution in [-0.4, -0.2) is 22.3 Å². The van der Waals surface area contributed by atoms with Crippen molar-refractivity contribution >= 4 is 5.97 Å². The molecule has 0 aliphatic carbocycles. The van der Waals surface area contributed by atoms with Gasteiger partial charge >= 0.3 is 5.97 Å². The molecule has 4 heteroatoms. The Balaban J connectivity index is 2.82. The number of phenols is 1. The molecule has 0 aliphatic rings. The SMILES string of the molecule is Cc1cc(O)ccc1OC(C)C(=O)O. The van der Waals surface area contributed by atoms with Crippen LogP contribution in [-0.2, 0) is 4.79 Å². The highest BCUT2D eigenvalue weighted by atomic mass is 16.5. The normalized spacial score (nSPS) is 12.1. The van der Waals surface area contributed by atoms with Gasteiger partial charge in [-0.25, -0.2) is 4.79 Å². The van der Waals surface area contributed by atoms with Crippen molar-refractivity contribution in [3.05, 3.63) is 23.8 Å². The van der Waals surface area contributed by atoms with E-state index in [4.69, 9.17) is 14.9 Å². The van der Waals surface area contributed by atoms with Crippen molar-refractivity contribution in [3.8, 4) is 11.5 Å². The molecule has 0 heterocycles. The maximum atomic E-state index is 10.5. The number of rotatable bonds is 3. The first-order valence-electron chi connectivity index (χ1n) is 4.20. The van der Waals surface area contributed by atoms with Crippen LogP contribution in [0.25, 0.3) is 0 Å². The average molecular weight is 196 g/mol. The molecule has 1 unspecified atom stereocenters. The first kappa shape index (κ1) is 10.4. The molecular weight excluding hydrogens is 184 g/mol. The molecule has 1 atom stereocenters. The lowest BCUT2D eigenvalue weighted by atomic mass is 10.2. The third-order valence-corrected chi connectivity index (χ3v) is 1.81. The molecule has 14 heavy (non-hydrogen) atoms. The highest BCUT2D eigenvalue weighted by Gasteiger charge is 2.13. The van der Waals surface area contributed by atoms with Crippen molar-refractivity contribution < 1.29 is 19.7 Å². The zero-order valence-electron chi connectivity index (χ0n) is 8.02. The fraction of sp³-hybridized carbons (Fsp3) is 0.300. The summed E-state index contributed by atoms with van der Waals surface area (Å²) in [6, 6.07) is 4.52. The Labute approximate surface area is 81.8 Å². The Bertz CT molecular complexity index is 346. The Morgan fingerprint density at radius 2 is 2.14 bits per heavy atom. The maximum Gasteiger partial charge on any atom is 0.344 e. The maximum absolute atomic E-state index is 10.5. The largest absolute Gasteiger partial charge is 0.508 e. The Hall–Kier alpha value is -1.71. The predicted molar refractivity (Wildman–Crippen MR) is 50.6 cm³/mol. The minimum Gasteiger partial charge on any atom is -0.508 e. The van der Waals surface area contributed by atoms with Gasteiger partial charge in [0.05, 0.1) is 0 Å². The van der Waals surface area contributed by atoms with Crippen molar-refractivity contribution in [1.29, 1.82) is 0 Å². The highest BCUT2D eigenvalue weighted by Crippen LogP contribution is 2.23. The van der Waals surface area contributed by atoms with E-state index in [9.17, 15) is 4.79 Å². The summed E-state index contributed by atoms with van der Waals surface area (Å²) in [5.41, 5.74) is 0.707. The number of aromatic hydroxyl groups is 1. The van der Waals surface area contributed by atoms with Crippen LogP contribution < -0.4 is 4.74 Å². The van der Waals surface area contributed by atoms with Gasteiger partial charge in [0, 0.05) is 0 Å². The van der Waals surface area contributed by atoms with E-state index in [0.29, 0.717) is 11.3 Å². The van der Waals surface area contributed by atoms with E-state index in [1.807, 2.05) is 0 Å². The van der Waals surface area contributed by atoms with Crippen LogP contribution in [0, 0.1) is 6.92 Å². The van der Waals surface area contributed by atoms with E-state index in [1.165, 1.54) is 19.1 Å². The molecule has 2 N–H and O–H groups in total. The van der Waals surface area contributed by atoms with Crippen LogP contribution in [0.2, 0.25) is 0 Å². The molecule has 1 aromatic carbocycles. The van der Waals surface area contributed by atoms with Gasteiger partial charge in [-0.3, -0.25) is 0 Å². The summed E-state index contributed by atoms with van der Waals surface area (Å²) in [5, 5.41) is 17.7. The van der Waals surface area contributed by atoms with Crippen molar-refractivity contribution in [2.75, 3.05) is 0 Å². The number of hydrogen-bond donors (Lipinski definition) is 2. The molecule has 0 amide bonds. The topological polar surface area (TPSA) is 66.8 Å². The number of hydrogen-bond acceptors (Lipinski definition) is 3. The Morgan fingerprint density at radius 1 is 1.50 bits per heavy atom. The standard InChI is InChI=1S/C10H12O4/c1-6-5-8(11)3-4-9(6)14-7(2)10(12)13/h3-5,7,11H,1-2H3,(H,12,13). The molecule has 76 valence electrons. The Morgan fingerprint density at radius 3 is 2.64 bits per heavy atom. The molecule has 1 aromatic rings. The zero-order valence-corrected chi connectivity index (χ0v) is 8.02. The fourth-order valence-corrected chi connectivity index (χ4v) is 1.01. The monoisotopic (exact) mass is 196 g/mol. The summed E-state index contributed by atoms with van der Waals surface area (Å²) in [7, 11) is 0. The third-order valence-electron chi connectivity index (χ3n) is 1.81. The van der Waals surface area contributed by atoms with Gasteiger partial charge in [-0.05, 0) is 37.6 Å². The predicted octanol–water partition coefficient (Wildman–Crippen LogP) is 1.55. The molecule has 0 bridgehead atoms. The number of ether oxygens (including phenoxy) is 1. The van der Waals surface area contributed by atoms with Crippen LogP contribution in [0.4, 0.5) is 0 Å². The van der Waals surface area contributed by atoms with E-state index in [2.05, 4.69) is 0 Å². The molecule has 0 saturated heterocycles. The third kappa shape index (κ3) is 2.39. The molecule has 0 spiro atoms. The highest BCUT2D eigenvalue weighted by molar-refractivity contribution is 5.72. The zero-order chi connectivity index (χ0) is 10.7. The minimum atomic E-state index is -1.02. The summed E-state index contributed by atoms with van der Waals surface area (Å²) < 4.78 is 5.15. The van der Waals surface area contributed by atoms with Crippen molar-refractivity contribution in [3.63, 3.8) is 0 Å². The van der Waals surface area contributed by atoms with Crippen LogP contribution >= 0.6 is 0 Å². The molecule has 4 nitrogen and oxygen atoms in total. The number of carbonyl (C=O) groups is 1. The number of benzene rings is 1. The number of aryl methyl sites for hydroxylation is 1. The molecule has 0 aromatic heterocycles. The molecule has 1 rings (SSSR count). The molecule has 0 radical (unpaired) electrons. The lowest BCUT2D eigenvalue weighted by Crippen LogP contribution is -2.23. The molecular formula is C10H12O4. The van der Waals surface area contributed by atoms with Gasteiger partial charge in [-0.2, -0.15) is 0 Å². The first-order valence-corrected chi connectivity index (χ1v) is 4.20. The molecule has 0 aliphatic heterocycles. The number of aliphatic carboxylic acids is 1. The van der Waals surface area contributed by atoms with E-state index in [-0.39, 0.29) is 5.75 Å². The summed E-state index contributed by atoms with van der Waals surface area (Å²) >= 11 is 0. The van der Waals surface area contributed by atoms with Crippen molar-refractivity contribution in [2.45, 2.75) is 20.0 Å².